The minimum Gasteiger partial charge on any atom is -0.345 e. The van der Waals surface area contributed by atoms with E-state index in [1.165, 1.54) is 6.07 Å². The fourth-order valence-electron chi connectivity index (χ4n) is 2.23. The number of benzene rings is 2. The minimum atomic E-state index is -0.557. The molecule has 0 bridgehead atoms. The highest BCUT2D eigenvalue weighted by Gasteiger charge is 2.24. The van der Waals surface area contributed by atoms with Crippen molar-refractivity contribution in [1.82, 2.24) is 5.32 Å². The van der Waals surface area contributed by atoms with E-state index in [1.54, 1.807) is 26.0 Å². The molecular weight excluding hydrogens is 395 g/mol. The Bertz CT molecular complexity index is 682. The Morgan fingerprint density at radius 3 is 2.33 bits per heavy atom. The first-order valence-electron chi connectivity index (χ1n) is 7.46. The van der Waals surface area contributed by atoms with Gasteiger partial charge in [0.25, 0.3) is 0 Å². The molecule has 0 fully saturated rings. The molecule has 0 saturated heterocycles. The van der Waals surface area contributed by atoms with E-state index in [-0.39, 0.29) is 36.1 Å². The van der Waals surface area contributed by atoms with E-state index in [1.807, 2.05) is 30.3 Å². The Hall–Kier alpha value is -1.43. The molecule has 0 radical (unpaired) electrons. The fraction of sp³-hybridized carbons (Fsp3) is 0.278. The Kier molecular flexibility index (Phi) is 7.87. The predicted molar refractivity (Wildman–Crippen MR) is 101 cm³/mol. The lowest BCUT2D eigenvalue weighted by Gasteiger charge is -2.24. The van der Waals surface area contributed by atoms with E-state index in [0.717, 1.165) is 5.56 Å². The van der Waals surface area contributed by atoms with Crippen LogP contribution in [0.1, 0.15) is 31.0 Å². The molecule has 2 aromatic rings. The molecular formula is C18H21BrClFN2O. The molecule has 3 unspecified atom stereocenters. The number of nitrogens with two attached hydrogens (primary N) is 1. The number of hydrogen-bond donors (Lipinski definition) is 2. The summed E-state index contributed by atoms with van der Waals surface area (Å²) in [5.74, 6) is -0.933. The average molecular weight is 416 g/mol. The van der Waals surface area contributed by atoms with Crippen molar-refractivity contribution in [3.8, 4) is 0 Å². The normalized spacial score (nSPS) is 14.2. The highest BCUT2D eigenvalue weighted by molar-refractivity contribution is 9.10. The molecule has 0 aromatic heterocycles. The fourth-order valence-corrected chi connectivity index (χ4v) is 2.57. The van der Waals surface area contributed by atoms with Crippen LogP contribution in [0.5, 0.6) is 0 Å². The third-order valence-corrected chi connectivity index (χ3v) is 4.39. The van der Waals surface area contributed by atoms with Gasteiger partial charge in [0.05, 0.1) is 6.04 Å². The van der Waals surface area contributed by atoms with Gasteiger partial charge < -0.3 is 11.1 Å². The van der Waals surface area contributed by atoms with E-state index in [4.69, 9.17) is 5.73 Å². The zero-order valence-corrected chi connectivity index (χ0v) is 15.9. The van der Waals surface area contributed by atoms with Gasteiger partial charge in [0.15, 0.2) is 0 Å². The van der Waals surface area contributed by atoms with Gasteiger partial charge in [-0.15, -0.1) is 12.4 Å². The number of rotatable bonds is 5. The molecule has 24 heavy (non-hydrogen) atoms. The number of carbonyl (C=O) groups excluding carboxylic acids is 1. The smallest absolute Gasteiger partial charge is 0.225 e. The summed E-state index contributed by atoms with van der Waals surface area (Å²) in [6, 6.07) is 13.3. The summed E-state index contributed by atoms with van der Waals surface area (Å²) < 4.78 is 15.0. The summed E-state index contributed by atoms with van der Waals surface area (Å²) in [5.41, 5.74) is 7.04. The molecule has 2 rings (SSSR count). The lowest BCUT2D eigenvalue weighted by atomic mass is 9.96. The van der Waals surface area contributed by atoms with Crippen LogP contribution in [0.25, 0.3) is 0 Å². The van der Waals surface area contributed by atoms with Gasteiger partial charge in [-0.1, -0.05) is 59.3 Å². The van der Waals surface area contributed by atoms with Crippen LogP contribution in [-0.2, 0) is 4.79 Å². The summed E-state index contributed by atoms with van der Waals surface area (Å²) in [4.78, 5) is 12.4. The molecule has 1 amide bonds. The standard InChI is InChI=1S/C18H20BrFN2O.ClH/c1-11(12(2)21)18(23)22-17(13-6-4-3-5-7-13)15-9-8-14(19)10-16(15)20;/h3-12,17H,21H2,1-2H3,(H,22,23);1H. The Labute approximate surface area is 156 Å². The van der Waals surface area contributed by atoms with Crippen molar-refractivity contribution >= 4 is 34.2 Å². The largest absolute Gasteiger partial charge is 0.345 e. The molecule has 0 heterocycles. The zero-order chi connectivity index (χ0) is 17.0. The average Bonchev–Trinajstić information content (AvgIpc) is 2.53. The maximum Gasteiger partial charge on any atom is 0.225 e. The first kappa shape index (κ1) is 20.6. The van der Waals surface area contributed by atoms with Crippen molar-refractivity contribution in [1.29, 1.82) is 0 Å². The van der Waals surface area contributed by atoms with Crippen LogP contribution in [0.3, 0.4) is 0 Å². The van der Waals surface area contributed by atoms with Gasteiger partial charge in [0, 0.05) is 22.0 Å². The molecule has 3 N–H and O–H groups in total. The Morgan fingerprint density at radius 1 is 1.17 bits per heavy atom. The van der Waals surface area contributed by atoms with Gasteiger partial charge in [-0.05, 0) is 24.6 Å². The summed E-state index contributed by atoms with van der Waals surface area (Å²) in [6.45, 7) is 3.54. The molecule has 3 atom stereocenters. The second-order valence-electron chi connectivity index (χ2n) is 5.67. The highest BCUT2D eigenvalue weighted by atomic mass is 79.9. The van der Waals surface area contributed by atoms with E-state index in [2.05, 4.69) is 21.2 Å². The monoisotopic (exact) mass is 414 g/mol. The SMILES string of the molecule is CC(N)C(C)C(=O)NC(c1ccccc1)c1ccc(Br)cc1F.Cl. The van der Waals surface area contributed by atoms with Crippen LogP contribution in [0.2, 0.25) is 0 Å². The second kappa shape index (κ2) is 9.16. The molecule has 0 saturated carbocycles. The second-order valence-corrected chi connectivity index (χ2v) is 6.58. The number of halogens is 3. The van der Waals surface area contributed by atoms with Crippen molar-refractivity contribution in [3.63, 3.8) is 0 Å². The molecule has 0 spiro atoms. The van der Waals surface area contributed by atoms with Crippen LogP contribution in [-0.4, -0.2) is 11.9 Å². The molecule has 0 aliphatic carbocycles. The molecule has 0 aliphatic rings. The van der Waals surface area contributed by atoms with Crippen LogP contribution < -0.4 is 11.1 Å². The van der Waals surface area contributed by atoms with Gasteiger partial charge in [-0.2, -0.15) is 0 Å². The lowest BCUT2D eigenvalue weighted by molar-refractivity contribution is -0.125. The summed E-state index contributed by atoms with van der Waals surface area (Å²) in [6.07, 6.45) is 0. The van der Waals surface area contributed by atoms with Crippen LogP contribution in [0, 0.1) is 11.7 Å². The first-order chi connectivity index (χ1) is 10.9. The number of nitrogens with one attached hydrogen (secondary N) is 1. The van der Waals surface area contributed by atoms with Crippen molar-refractivity contribution in [2.45, 2.75) is 25.9 Å². The van der Waals surface area contributed by atoms with E-state index in [9.17, 15) is 9.18 Å². The minimum absolute atomic E-state index is 0. The Balaban J connectivity index is 0.00000288. The lowest BCUT2D eigenvalue weighted by Crippen LogP contribution is -2.40. The van der Waals surface area contributed by atoms with Crippen molar-refractivity contribution in [2.24, 2.45) is 11.7 Å². The molecule has 130 valence electrons. The van der Waals surface area contributed by atoms with Crippen LogP contribution >= 0.6 is 28.3 Å². The predicted octanol–water partition coefficient (Wildman–Crippen LogP) is 4.20. The van der Waals surface area contributed by atoms with Crippen molar-refractivity contribution < 1.29 is 9.18 Å². The molecule has 0 aliphatic heterocycles. The zero-order valence-electron chi connectivity index (χ0n) is 13.5. The molecule has 6 heteroatoms. The maximum atomic E-state index is 14.4. The van der Waals surface area contributed by atoms with Gasteiger partial charge in [-0.25, -0.2) is 4.39 Å². The highest BCUT2D eigenvalue weighted by Crippen LogP contribution is 2.27. The van der Waals surface area contributed by atoms with Crippen LogP contribution in [0.4, 0.5) is 4.39 Å². The summed E-state index contributed by atoms with van der Waals surface area (Å²) >= 11 is 3.25. The van der Waals surface area contributed by atoms with Gasteiger partial charge in [-0.3, -0.25) is 4.79 Å². The maximum absolute atomic E-state index is 14.4. The van der Waals surface area contributed by atoms with E-state index < -0.39 is 6.04 Å². The van der Waals surface area contributed by atoms with Crippen molar-refractivity contribution in [2.75, 3.05) is 0 Å². The van der Waals surface area contributed by atoms with Gasteiger partial charge >= 0.3 is 0 Å². The quantitative estimate of drug-likeness (QED) is 0.769. The van der Waals surface area contributed by atoms with E-state index >= 15 is 0 Å². The number of hydrogen-bond acceptors (Lipinski definition) is 2. The topological polar surface area (TPSA) is 55.1 Å². The van der Waals surface area contributed by atoms with Gasteiger partial charge in [0.1, 0.15) is 5.82 Å². The number of carbonyl (C=O) groups is 1. The van der Waals surface area contributed by atoms with Crippen molar-refractivity contribution in [3.05, 3.63) is 69.9 Å². The van der Waals surface area contributed by atoms with E-state index in [0.29, 0.717) is 10.0 Å². The third kappa shape index (κ3) is 5.03. The van der Waals surface area contributed by atoms with Crippen LogP contribution in [0.15, 0.2) is 53.0 Å². The molecule has 3 nitrogen and oxygen atoms in total. The number of amides is 1. The van der Waals surface area contributed by atoms with Gasteiger partial charge in [0.2, 0.25) is 5.91 Å². The molecule has 2 aromatic carbocycles. The summed E-state index contributed by atoms with van der Waals surface area (Å²) in [5, 5.41) is 2.92. The first-order valence-corrected chi connectivity index (χ1v) is 8.25. The third-order valence-electron chi connectivity index (χ3n) is 3.90. The Morgan fingerprint density at radius 2 is 1.79 bits per heavy atom. The summed E-state index contributed by atoms with van der Waals surface area (Å²) in [7, 11) is 0.